The summed E-state index contributed by atoms with van der Waals surface area (Å²) in [7, 11) is 0. The standard InChI is InChI=1S/C13H13N3O2/c1-9-14-12(15-18-9)8-13(17)16-7-6-10-4-2-3-5-11(10)16/h2-5H,6-8H2,1H3. The van der Waals surface area contributed by atoms with Crippen LogP contribution in [0.2, 0.25) is 0 Å². The Balaban J connectivity index is 1.78. The Morgan fingerprint density at radius 3 is 3.06 bits per heavy atom. The lowest BCUT2D eigenvalue weighted by Gasteiger charge is -2.16. The van der Waals surface area contributed by atoms with Gasteiger partial charge in [-0.1, -0.05) is 23.4 Å². The number of benzene rings is 1. The number of aryl methyl sites for hydroxylation is 1. The molecule has 1 aromatic carbocycles. The van der Waals surface area contributed by atoms with Gasteiger partial charge in [0.1, 0.15) is 0 Å². The van der Waals surface area contributed by atoms with Gasteiger partial charge in [0.15, 0.2) is 5.82 Å². The van der Waals surface area contributed by atoms with Crippen LogP contribution in [0.3, 0.4) is 0 Å². The average molecular weight is 243 g/mol. The van der Waals surface area contributed by atoms with E-state index in [9.17, 15) is 4.79 Å². The fourth-order valence-electron chi connectivity index (χ4n) is 2.24. The highest BCUT2D eigenvalue weighted by Crippen LogP contribution is 2.27. The van der Waals surface area contributed by atoms with E-state index < -0.39 is 0 Å². The third-order valence-corrected chi connectivity index (χ3v) is 3.07. The molecule has 5 heteroatoms. The van der Waals surface area contributed by atoms with Crippen molar-refractivity contribution in [2.24, 2.45) is 0 Å². The summed E-state index contributed by atoms with van der Waals surface area (Å²) in [5.41, 5.74) is 2.22. The first-order valence-corrected chi connectivity index (χ1v) is 5.91. The zero-order valence-corrected chi connectivity index (χ0v) is 10.1. The molecular weight excluding hydrogens is 230 g/mol. The minimum absolute atomic E-state index is 0.0146. The number of carbonyl (C=O) groups is 1. The number of rotatable bonds is 2. The Morgan fingerprint density at radius 2 is 2.28 bits per heavy atom. The van der Waals surface area contributed by atoms with Crippen LogP contribution in [0.4, 0.5) is 5.69 Å². The van der Waals surface area contributed by atoms with Crippen molar-refractivity contribution in [3.63, 3.8) is 0 Å². The van der Waals surface area contributed by atoms with Crippen molar-refractivity contribution in [2.75, 3.05) is 11.4 Å². The molecule has 1 aromatic heterocycles. The molecule has 0 saturated carbocycles. The van der Waals surface area contributed by atoms with Crippen molar-refractivity contribution in [3.05, 3.63) is 41.5 Å². The molecule has 0 aliphatic carbocycles. The van der Waals surface area contributed by atoms with E-state index >= 15 is 0 Å². The second-order valence-electron chi connectivity index (χ2n) is 4.33. The van der Waals surface area contributed by atoms with Gasteiger partial charge in [-0.05, 0) is 18.1 Å². The van der Waals surface area contributed by atoms with E-state index in [1.54, 1.807) is 11.8 Å². The molecule has 0 bridgehead atoms. The summed E-state index contributed by atoms with van der Waals surface area (Å²) < 4.78 is 4.87. The van der Waals surface area contributed by atoms with Gasteiger partial charge in [-0.15, -0.1) is 0 Å². The van der Waals surface area contributed by atoms with Gasteiger partial charge in [0.2, 0.25) is 11.8 Å². The van der Waals surface area contributed by atoms with E-state index in [0.29, 0.717) is 11.7 Å². The van der Waals surface area contributed by atoms with Crippen molar-refractivity contribution in [1.29, 1.82) is 0 Å². The Labute approximate surface area is 104 Å². The number of carbonyl (C=O) groups excluding carboxylic acids is 1. The van der Waals surface area contributed by atoms with Crippen LogP contribution < -0.4 is 4.90 Å². The molecule has 0 N–H and O–H groups in total. The second-order valence-corrected chi connectivity index (χ2v) is 4.33. The normalized spacial score (nSPS) is 13.7. The van der Waals surface area contributed by atoms with E-state index in [-0.39, 0.29) is 12.3 Å². The van der Waals surface area contributed by atoms with E-state index in [0.717, 1.165) is 18.7 Å². The molecule has 2 aromatic rings. The minimum atomic E-state index is 0.0146. The highest BCUT2D eigenvalue weighted by molar-refractivity contribution is 5.96. The molecule has 0 radical (unpaired) electrons. The van der Waals surface area contributed by atoms with Crippen molar-refractivity contribution >= 4 is 11.6 Å². The molecule has 0 fully saturated rings. The highest BCUT2D eigenvalue weighted by Gasteiger charge is 2.25. The van der Waals surface area contributed by atoms with Crippen molar-refractivity contribution in [3.8, 4) is 0 Å². The van der Waals surface area contributed by atoms with Gasteiger partial charge in [0, 0.05) is 19.2 Å². The fraction of sp³-hybridized carbons (Fsp3) is 0.308. The molecule has 1 aliphatic rings. The summed E-state index contributed by atoms with van der Waals surface area (Å²) in [5.74, 6) is 0.947. The van der Waals surface area contributed by atoms with Gasteiger partial charge in [-0.3, -0.25) is 4.79 Å². The van der Waals surface area contributed by atoms with Gasteiger partial charge in [-0.25, -0.2) is 0 Å². The molecule has 1 amide bonds. The molecule has 5 nitrogen and oxygen atoms in total. The maximum Gasteiger partial charge on any atom is 0.234 e. The van der Waals surface area contributed by atoms with Crippen molar-refractivity contribution < 1.29 is 9.32 Å². The van der Waals surface area contributed by atoms with Crippen LogP contribution in [0.5, 0.6) is 0 Å². The maximum atomic E-state index is 12.2. The first-order chi connectivity index (χ1) is 8.74. The summed E-state index contributed by atoms with van der Waals surface area (Å²) in [6, 6.07) is 7.97. The third kappa shape index (κ3) is 1.88. The zero-order chi connectivity index (χ0) is 12.5. The SMILES string of the molecule is Cc1nc(CC(=O)N2CCc3ccccc32)no1. The molecule has 0 atom stereocenters. The van der Waals surface area contributed by atoms with Crippen LogP contribution in [0, 0.1) is 6.92 Å². The lowest BCUT2D eigenvalue weighted by molar-refractivity contribution is -0.118. The Hall–Kier alpha value is -2.17. The Morgan fingerprint density at radius 1 is 1.44 bits per heavy atom. The fourth-order valence-corrected chi connectivity index (χ4v) is 2.24. The molecule has 0 unspecified atom stereocenters. The van der Waals surface area contributed by atoms with Crippen LogP contribution >= 0.6 is 0 Å². The van der Waals surface area contributed by atoms with Gasteiger partial charge >= 0.3 is 0 Å². The average Bonchev–Trinajstić information content (AvgIpc) is 2.95. The lowest BCUT2D eigenvalue weighted by Crippen LogP contribution is -2.30. The Kier molecular flexibility index (Phi) is 2.59. The van der Waals surface area contributed by atoms with Gasteiger partial charge in [-0.2, -0.15) is 4.98 Å². The monoisotopic (exact) mass is 243 g/mol. The molecule has 0 saturated heterocycles. The quantitative estimate of drug-likeness (QED) is 0.802. The summed E-state index contributed by atoms with van der Waals surface area (Å²) >= 11 is 0. The first kappa shape index (κ1) is 11.0. The minimum Gasteiger partial charge on any atom is -0.340 e. The zero-order valence-electron chi connectivity index (χ0n) is 10.1. The molecular formula is C13H13N3O2. The van der Waals surface area contributed by atoms with E-state index in [1.807, 2.05) is 18.2 Å². The van der Waals surface area contributed by atoms with E-state index in [4.69, 9.17) is 4.52 Å². The van der Waals surface area contributed by atoms with E-state index in [1.165, 1.54) is 5.56 Å². The largest absolute Gasteiger partial charge is 0.340 e. The number of para-hydroxylation sites is 1. The second kappa shape index (κ2) is 4.25. The van der Waals surface area contributed by atoms with Crippen LogP contribution in [0.1, 0.15) is 17.3 Å². The topological polar surface area (TPSA) is 59.2 Å². The summed E-state index contributed by atoms with van der Waals surface area (Å²) in [6.45, 7) is 2.45. The number of fused-ring (bicyclic) bond motifs is 1. The highest BCUT2D eigenvalue weighted by atomic mass is 16.5. The van der Waals surface area contributed by atoms with Crippen LogP contribution in [0.25, 0.3) is 0 Å². The molecule has 2 heterocycles. The molecule has 0 spiro atoms. The van der Waals surface area contributed by atoms with E-state index in [2.05, 4.69) is 16.2 Å². The molecule has 18 heavy (non-hydrogen) atoms. The number of hydrogen-bond acceptors (Lipinski definition) is 4. The molecule has 1 aliphatic heterocycles. The molecule has 3 rings (SSSR count). The van der Waals surface area contributed by atoms with Gasteiger partial charge in [0.25, 0.3) is 0 Å². The molecule has 92 valence electrons. The van der Waals surface area contributed by atoms with Crippen molar-refractivity contribution in [1.82, 2.24) is 10.1 Å². The van der Waals surface area contributed by atoms with Crippen molar-refractivity contribution in [2.45, 2.75) is 19.8 Å². The lowest BCUT2D eigenvalue weighted by atomic mass is 10.2. The third-order valence-electron chi connectivity index (χ3n) is 3.07. The summed E-state index contributed by atoms with van der Waals surface area (Å²) in [5, 5.41) is 3.75. The smallest absolute Gasteiger partial charge is 0.234 e. The predicted molar refractivity (Wildman–Crippen MR) is 65.2 cm³/mol. The summed E-state index contributed by atoms with van der Waals surface area (Å²) in [4.78, 5) is 18.0. The van der Waals surface area contributed by atoms with Crippen LogP contribution in [-0.4, -0.2) is 22.6 Å². The predicted octanol–water partition coefficient (Wildman–Crippen LogP) is 1.51. The number of amides is 1. The van der Waals surface area contributed by atoms with Gasteiger partial charge in [0.05, 0.1) is 6.42 Å². The maximum absolute atomic E-state index is 12.2. The van der Waals surface area contributed by atoms with Crippen LogP contribution in [-0.2, 0) is 17.6 Å². The van der Waals surface area contributed by atoms with Gasteiger partial charge < -0.3 is 9.42 Å². The number of nitrogens with zero attached hydrogens (tertiary/aromatic N) is 3. The number of aromatic nitrogens is 2. The number of hydrogen-bond donors (Lipinski definition) is 0. The van der Waals surface area contributed by atoms with Crippen LogP contribution in [0.15, 0.2) is 28.8 Å². The Bertz CT molecular complexity index is 591. The first-order valence-electron chi connectivity index (χ1n) is 5.91. The number of anilines is 1. The summed E-state index contributed by atoms with van der Waals surface area (Å²) in [6.07, 6.45) is 1.10.